The van der Waals surface area contributed by atoms with E-state index in [0.717, 1.165) is 12.8 Å². The smallest absolute Gasteiger partial charge is 0.181 e. The van der Waals surface area contributed by atoms with Gasteiger partial charge in [-0.3, -0.25) is 0 Å². The molecule has 1 aliphatic carbocycles. The van der Waals surface area contributed by atoms with Crippen LogP contribution in [0.3, 0.4) is 0 Å². The van der Waals surface area contributed by atoms with Crippen LogP contribution in [0.5, 0.6) is 0 Å². The number of aliphatic hydroxyl groups is 3. The Hall–Kier alpha value is -0.980. The highest BCUT2D eigenvalue weighted by atomic mass is 16.6. The van der Waals surface area contributed by atoms with E-state index in [2.05, 4.69) is 0 Å². The fraction of sp³-hybridized carbons (Fsp3) is 0.600. The van der Waals surface area contributed by atoms with E-state index in [1.54, 1.807) is 12.1 Å². The Morgan fingerprint density at radius 1 is 1.20 bits per heavy atom. The fourth-order valence-electron chi connectivity index (χ4n) is 3.30. The number of benzene rings is 1. The van der Waals surface area contributed by atoms with Crippen LogP contribution in [0.15, 0.2) is 30.3 Å². The van der Waals surface area contributed by atoms with E-state index in [0.29, 0.717) is 12.2 Å². The average molecular weight is 280 g/mol. The Morgan fingerprint density at radius 2 is 1.95 bits per heavy atom. The third-order valence-corrected chi connectivity index (χ3v) is 4.35. The predicted octanol–water partition coefficient (Wildman–Crippen LogP) is 0.798. The van der Waals surface area contributed by atoms with E-state index in [1.165, 1.54) is 0 Å². The van der Waals surface area contributed by atoms with Crippen molar-refractivity contribution in [3.05, 3.63) is 35.9 Å². The van der Waals surface area contributed by atoms with E-state index >= 15 is 0 Å². The molecule has 0 aromatic heterocycles. The maximum absolute atomic E-state index is 9.97. The van der Waals surface area contributed by atoms with Gasteiger partial charge in [0.15, 0.2) is 12.6 Å². The first-order chi connectivity index (χ1) is 9.66. The van der Waals surface area contributed by atoms with Crippen LogP contribution in [0.1, 0.15) is 24.7 Å². The number of aliphatic hydroxyl groups excluding tert-OH is 3. The maximum Gasteiger partial charge on any atom is 0.181 e. The van der Waals surface area contributed by atoms with E-state index in [-0.39, 0.29) is 17.9 Å². The second kappa shape index (κ2) is 5.79. The second-order valence-electron chi connectivity index (χ2n) is 5.57. The summed E-state index contributed by atoms with van der Waals surface area (Å²) in [5, 5.41) is 29.4. The fourth-order valence-corrected chi connectivity index (χ4v) is 3.30. The standard InChI is InChI=1S/C15H20O5/c16-13-12-10(6-7-11(12)20-15(13)18)8-19-14(17)9-4-2-1-3-5-9/h1-5,10-18H,6-8H2. The van der Waals surface area contributed by atoms with Crippen molar-refractivity contribution < 1.29 is 24.8 Å². The van der Waals surface area contributed by atoms with Gasteiger partial charge in [0.1, 0.15) is 6.10 Å². The number of fused-ring (bicyclic) bond motifs is 1. The number of hydrogen-bond donors (Lipinski definition) is 3. The highest BCUT2D eigenvalue weighted by molar-refractivity contribution is 5.15. The van der Waals surface area contributed by atoms with Crippen LogP contribution in [0, 0.1) is 11.8 Å². The predicted molar refractivity (Wildman–Crippen MR) is 70.5 cm³/mol. The van der Waals surface area contributed by atoms with E-state index in [4.69, 9.17) is 9.47 Å². The van der Waals surface area contributed by atoms with Gasteiger partial charge in [-0.15, -0.1) is 0 Å². The Kier molecular flexibility index (Phi) is 4.05. The summed E-state index contributed by atoms with van der Waals surface area (Å²) in [6, 6.07) is 9.18. The van der Waals surface area contributed by atoms with Gasteiger partial charge < -0.3 is 24.8 Å². The van der Waals surface area contributed by atoms with Gasteiger partial charge >= 0.3 is 0 Å². The Morgan fingerprint density at radius 3 is 2.70 bits per heavy atom. The lowest BCUT2D eigenvalue weighted by atomic mass is 9.91. The van der Waals surface area contributed by atoms with Gasteiger partial charge in [-0.25, -0.2) is 0 Å². The van der Waals surface area contributed by atoms with Crippen molar-refractivity contribution in [1.29, 1.82) is 0 Å². The van der Waals surface area contributed by atoms with Crippen molar-refractivity contribution in [2.75, 3.05) is 6.61 Å². The molecule has 5 heteroatoms. The SMILES string of the molecule is OC(OCC1CCC2OC(O)C(O)C12)c1ccccc1. The van der Waals surface area contributed by atoms with Crippen LogP contribution in [-0.2, 0) is 9.47 Å². The van der Waals surface area contributed by atoms with Crippen molar-refractivity contribution in [3.63, 3.8) is 0 Å². The van der Waals surface area contributed by atoms with E-state index in [1.807, 2.05) is 18.2 Å². The minimum Gasteiger partial charge on any atom is -0.387 e. The van der Waals surface area contributed by atoms with Gasteiger partial charge in [-0.2, -0.15) is 0 Å². The first-order valence-electron chi connectivity index (χ1n) is 7.03. The third-order valence-electron chi connectivity index (χ3n) is 4.35. The van der Waals surface area contributed by atoms with Crippen LogP contribution < -0.4 is 0 Å². The van der Waals surface area contributed by atoms with Gasteiger partial charge in [-0.1, -0.05) is 30.3 Å². The zero-order chi connectivity index (χ0) is 14.1. The molecule has 110 valence electrons. The average Bonchev–Trinajstić information content (AvgIpc) is 2.99. The second-order valence-corrected chi connectivity index (χ2v) is 5.57. The molecule has 3 rings (SSSR count). The van der Waals surface area contributed by atoms with Crippen molar-refractivity contribution in [3.8, 4) is 0 Å². The molecule has 0 radical (unpaired) electrons. The zero-order valence-corrected chi connectivity index (χ0v) is 11.1. The first-order valence-corrected chi connectivity index (χ1v) is 7.03. The molecule has 0 bridgehead atoms. The summed E-state index contributed by atoms with van der Waals surface area (Å²) in [6.45, 7) is 0.352. The molecule has 20 heavy (non-hydrogen) atoms. The lowest BCUT2D eigenvalue weighted by molar-refractivity contribution is -0.134. The molecule has 1 saturated carbocycles. The largest absolute Gasteiger partial charge is 0.387 e. The summed E-state index contributed by atoms with van der Waals surface area (Å²) in [4.78, 5) is 0. The van der Waals surface area contributed by atoms with Crippen LogP contribution in [-0.4, -0.2) is 40.4 Å². The summed E-state index contributed by atoms with van der Waals surface area (Å²) in [6.07, 6.45) is -1.31. The van der Waals surface area contributed by atoms with Crippen LogP contribution in [0.4, 0.5) is 0 Å². The lowest BCUT2D eigenvalue weighted by Gasteiger charge is -2.22. The zero-order valence-electron chi connectivity index (χ0n) is 11.1. The molecule has 2 aliphatic rings. The first kappa shape index (κ1) is 14.0. The molecular weight excluding hydrogens is 260 g/mol. The van der Waals surface area contributed by atoms with E-state index in [9.17, 15) is 15.3 Å². The minimum atomic E-state index is -1.09. The molecule has 0 spiro atoms. The summed E-state index contributed by atoms with van der Waals surface area (Å²) in [7, 11) is 0. The molecule has 2 fully saturated rings. The molecule has 1 aromatic rings. The van der Waals surface area contributed by atoms with Gasteiger partial charge in [0.05, 0.1) is 12.7 Å². The maximum atomic E-state index is 9.97. The molecule has 1 aliphatic heterocycles. The van der Waals surface area contributed by atoms with Gasteiger partial charge in [0.2, 0.25) is 0 Å². The quantitative estimate of drug-likeness (QED) is 0.711. The number of rotatable bonds is 4. The van der Waals surface area contributed by atoms with Crippen molar-refractivity contribution in [1.82, 2.24) is 0 Å². The third kappa shape index (κ3) is 2.60. The molecule has 1 aromatic carbocycles. The topological polar surface area (TPSA) is 79.2 Å². The normalized spacial score (nSPS) is 37.9. The Labute approximate surface area is 117 Å². The molecular formula is C15H20O5. The molecule has 0 amide bonds. The van der Waals surface area contributed by atoms with Gasteiger partial charge in [-0.05, 0) is 18.8 Å². The highest BCUT2D eigenvalue weighted by Crippen LogP contribution is 2.43. The molecule has 6 unspecified atom stereocenters. The van der Waals surface area contributed by atoms with Crippen molar-refractivity contribution in [2.24, 2.45) is 11.8 Å². The highest BCUT2D eigenvalue weighted by Gasteiger charge is 2.50. The Balaban J connectivity index is 1.57. The van der Waals surface area contributed by atoms with Gasteiger partial charge in [0.25, 0.3) is 0 Å². The molecule has 6 atom stereocenters. The van der Waals surface area contributed by atoms with Crippen LogP contribution in [0.25, 0.3) is 0 Å². The van der Waals surface area contributed by atoms with Crippen molar-refractivity contribution >= 4 is 0 Å². The number of ether oxygens (including phenoxy) is 2. The molecule has 3 N–H and O–H groups in total. The van der Waals surface area contributed by atoms with Crippen LogP contribution >= 0.6 is 0 Å². The molecule has 1 heterocycles. The molecule has 1 saturated heterocycles. The molecule has 5 nitrogen and oxygen atoms in total. The lowest BCUT2D eigenvalue weighted by Crippen LogP contribution is -2.32. The van der Waals surface area contributed by atoms with Crippen molar-refractivity contribution in [2.45, 2.75) is 37.6 Å². The van der Waals surface area contributed by atoms with Crippen LogP contribution in [0.2, 0.25) is 0 Å². The number of hydrogen-bond acceptors (Lipinski definition) is 5. The summed E-state index contributed by atoms with van der Waals surface area (Å²) in [5.41, 5.74) is 0.713. The monoisotopic (exact) mass is 280 g/mol. The summed E-state index contributed by atoms with van der Waals surface area (Å²) >= 11 is 0. The summed E-state index contributed by atoms with van der Waals surface area (Å²) < 4.78 is 10.8. The minimum absolute atomic E-state index is 0.0949. The Bertz CT molecular complexity index is 435. The summed E-state index contributed by atoms with van der Waals surface area (Å²) in [5.74, 6) is -0.00140. The van der Waals surface area contributed by atoms with Gasteiger partial charge in [0, 0.05) is 11.5 Å². The van der Waals surface area contributed by atoms with E-state index < -0.39 is 18.7 Å².